The molecule has 1 aliphatic heterocycles. The number of anilines is 1. The second kappa shape index (κ2) is 6.87. The van der Waals surface area contributed by atoms with Crippen LogP contribution in [0.15, 0.2) is 53.3 Å². The van der Waals surface area contributed by atoms with Crippen LogP contribution in [0.2, 0.25) is 0 Å². The van der Waals surface area contributed by atoms with Crippen molar-refractivity contribution < 1.29 is 9.18 Å². The number of H-pyrrole nitrogens is 1. The number of amides is 1. The molecule has 2 N–H and O–H groups in total. The molecule has 0 saturated carbocycles. The van der Waals surface area contributed by atoms with Gasteiger partial charge in [-0.3, -0.25) is 9.59 Å². The van der Waals surface area contributed by atoms with Crippen molar-refractivity contribution in [2.24, 2.45) is 0 Å². The number of nitrogens with zero attached hydrogens (tertiary/aromatic N) is 1. The topological polar surface area (TPSA) is 65.2 Å². The maximum absolute atomic E-state index is 14.2. The van der Waals surface area contributed by atoms with Gasteiger partial charge >= 0.3 is 0 Å². The largest absolute Gasteiger partial charge is 0.380 e. The van der Waals surface area contributed by atoms with Crippen LogP contribution < -0.4 is 10.9 Å². The fourth-order valence-corrected chi connectivity index (χ4v) is 3.63. The van der Waals surface area contributed by atoms with Crippen molar-refractivity contribution in [3.63, 3.8) is 0 Å². The van der Waals surface area contributed by atoms with E-state index in [1.807, 2.05) is 30.3 Å². The first kappa shape index (κ1) is 17.3. The summed E-state index contributed by atoms with van der Waals surface area (Å²) in [5, 5.41) is 3.86. The summed E-state index contributed by atoms with van der Waals surface area (Å²) in [4.78, 5) is 29.2. The molecule has 3 aromatic rings. The van der Waals surface area contributed by atoms with E-state index in [1.165, 1.54) is 12.1 Å². The number of rotatable bonds is 3. The molecule has 1 saturated heterocycles. The van der Waals surface area contributed by atoms with Crippen LogP contribution >= 0.6 is 0 Å². The highest BCUT2D eigenvalue weighted by Gasteiger charge is 2.28. The van der Waals surface area contributed by atoms with Gasteiger partial charge in [-0.1, -0.05) is 18.2 Å². The molecule has 6 heteroatoms. The second-order valence-electron chi connectivity index (χ2n) is 6.96. The number of aryl methyl sites for hydroxylation is 1. The number of pyridine rings is 1. The maximum atomic E-state index is 14.2. The highest BCUT2D eigenvalue weighted by molar-refractivity contribution is 6.06. The highest BCUT2D eigenvalue weighted by Crippen LogP contribution is 2.24. The highest BCUT2D eigenvalue weighted by atomic mass is 19.1. The SMILES string of the molecule is Cc1cc(F)c2[nH]c(=O)cc(C(=O)N3CCC(Nc4ccccc4)C3)c2c1. The van der Waals surface area contributed by atoms with Crippen LogP contribution in [0, 0.1) is 12.7 Å². The van der Waals surface area contributed by atoms with Gasteiger partial charge in [0.05, 0.1) is 11.1 Å². The lowest BCUT2D eigenvalue weighted by Crippen LogP contribution is -2.32. The number of benzene rings is 2. The van der Waals surface area contributed by atoms with Crippen molar-refractivity contribution in [3.05, 3.63) is 75.8 Å². The van der Waals surface area contributed by atoms with E-state index < -0.39 is 11.4 Å². The lowest BCUT2D eigenvalue weighted by Gasteiger charge is -2.19. The van der Waals surface area contributed by atoms with Crippen molar-refractivity contribution in [2.75, 3.05) is 18.4 Å². The van der Waals surface area contributed by atoms with Gasteiger partial charge in [-0.15, -0.1) is 0 Å². The van der Waals surface area contributed by atoms with Gasteiger partial charge in [-0.05, 0) is 43.2 Å². The molecule has 4 rings (SSSR count). The first-order valence-corrected chi connectivity index (χ1v) is 8.95. The summed E-state index contributed by atoms with van der Waals surface area (Å²) in [7, 11) is 0. The molecule has 2 heterocycles. The van der Waals surface area contributed by atoms with Gasteiger partial charge < -0.3 is 15.2 Å². The number of hydrogen-bond acceptors (Lipinski definition) is 3. The number of aromatic nitrogens is 1. The predicted molar refractivity (Wildman–Crippen MR) is 104 cm³/mol. The molecule has 5 nitrogen and oxygen atoms in total. The molecular formula is C21H20FN3O2. The van der Waals surface area contributed by atoms with Crippen molar-refractivity contribution in [1.82, 2.24) is 9.88 Å². The van der Waals surface area contributed by atoms with E-state index in [0.29, 0.717) is 24.0 Å². The van der Waals surface area contributed by atoms with Crippen molar-refractivity contribution >= 4 is 22.5 Å². The number of carbonyl (C=O) groups is 1. The summed E-state index contributed by atoms with van der Waals surface area (Å²) < 4.78 is 14.2. The Labute approximate surface area is 155 Å². The molecule has 1 amide bonds. The lowest BCUT2D eigenvalue weighted by molar-refractivity contribution is 0.0793. The number of halogens is 1. The molecule has 0 spiro atoms. The van der Waals surface area contributed by atoms with Crippen LogP contribution in [0.3, 0.4) is 0 Å². The molecule has 0 bridgehead atoms. The Bertz CT molecular complexity index is 1060. The minimum absolute atomic E-state index is 0.0783. The zero-order valence-corrected chi connectivity index (χ0v) is 15.0. The summed E-state index contributed by atoms with van der Waals surface area (Å²) in [5.74, 6) is -0.768. The molecule has 27 heavy (non-hydrogen) atoms. The summed E-state index contributed by atoms with van der Waals surface area (Å²) in [6.45, 7) is 2.89. The second-order valence-corrected chi connectivity index (χ2v) is 6.96. The number of nitrogens with one attached hydrogen (secondary N) is 2. The Kier molecular flexibility index (Phi) is 4.39. The fraction of sp³-hybridized carbons (Fsp3) is 0.238. The van der Waals surface area contributed by atoms with E-state index in [9.17, 15) is 14.0 Å². The Hall–Kier alpha value is -3.15. The van der Waals surface area contributed by atoms with Gasteiger partial charge in [-0.2, -0.15) is 0 Å². The minimum Gasteiger partial charge on any atom is -0.380 e. The molecule has 138 valence electrons. The standard InChI is InChI=1S/C21H20FN3O2/c1-13-9-16-17(11-19(26)24-20(16)18(22)10-13)21(27)25-8-7-15(12-25)23-14-5-3-2-4-6-14/h2-6,9-11,15,23H,7-8,12H2,1H3,(H,24,26). The Morgan fingerprint density at radius 1 is 1.22 bits per heavy atom. The maximum Gasteiger partial charge on any atom is 0.254 e. The van der Waals surface area contributed by atoms with Gasteiger partial charge in [0, 0.05) is 36.3 Å². The average Bonchev–Trinajstić information content (AvgIpc) is 3.10. The number of fused-ring (bicyclic) bond motifs is 1. The third-order valence-electron chi connectivity index (χ3n) is 4.90. The molecule has 2 aromatic carbocycles. The molecule has 1 fully saturated rings. The number of para-hydroxylation sites is 1. The number of hydrogen-bond donors (Lipinski definition) is 2. The van der Waals surface area contributed by atoms with Crippen LogP contribution in [0.25, 0.3) is 10.9 Å². The van der Waals surface area contributed by atoms with Crippen LogP contribution in [0.4, 0.5) is 10.1 Å². The lowest BCUT2D eigenvalue weighted by atomic mass is 10.0. The predicted octanol–water partition coefficient (Wildman–Crippen LogP) is 3.30. The van der Waals surface area contributed by atoms with Crippen LogP contribution in [0.5, 0.6) is 0 Å². The summed E-state index contributed by atoms with van der Waals surface area (Å²) in [5.41, 5.74) is 1.56. The van der Waals surface area contributed by atoms with Crippen molar-refractivity contribution in [1.29, 1.82) is 0 Å². The molecule has 0 radical (unpaired) electrons. The normalized spacial score (nSPS) is 16.7. The summed E-state index contributed by atoms with van der Waals surface area (Å²) >= 11 is 0. The van der Waals surface area contributed by atoms with Crippen LogP contribution in [-0.4, -0.2) is 34.9 Å². The molecule has 1 aromatic heterocycles. The van der Waals surface area contributed by atoms with Crippen LogP contribution in [0.1, 0.15) is 22.3 Å². The number of aromatic amines is 1. The van der Waals surface area contributed by atoms with Gasteiger partial charge in [0.25, 0.3) is 5.91 Å². The van der Waals surface area contributed by atoms with Crippen molar-refractivity contribution in [3.8, 4) is 0 Å². The zero-order chi connectivity index (χ0) is 19.0. The van der Waals surface area contributed by atoms with Gasteiger partial charge in [0.15, 0.2) is 0 Å². The zero-order valence-electron chi connectivity index (χ0n) is 15.0. The molecule has 1 atom stereocenters. The third-order valence-corrected chi connectivity index (χ3v) is 4.90. The van der Waals surface area contributed by atoms with E-state index in [4.69, 9.17) is 0 Å². The quantitative estimate of drug-likeness (QED) is 0.748. The first-order valence-electron chi connectivity index (χ1n) is 8.95. The summed E-state index contributed by atoms with van der Waals surface area (Å²) in [6, 6.07) is 14.3. The van der Waals surface area contributed by atoms with E-state index in [0.717, 1.165) is 12.1 Å². The molecule has 0 aliphatic carbocycles. The summed E-state index contributed by atoms with van der Waals surface area (Å²) in [6.07, 6.45) is 0.815. The number of carbonyl (C=O) groups excluding carboxylic acids is 1. The van der Waals surface area contributed by atoms with Gasteiger partial charge in [0.1, 0.15) is 5.82 Å². The molecule has 1 aliphatic rings. The number of likely N-dealkylation sites (tertiary alicyclic amines) is 1. The van der Waals surface area contributed by atoms with Crippen LogP contribution in [-0.2, 0) is 0 Å². The third kappa shape index (κ3) is 3.43. The fourth-order valence-electron chi connectivity index (χ4n) is 3.63. The van der Waals surface area contributed by atoms with E-state index in [1.54, 1.807) is 17.9 Å². The minimum atomic E-state index is -0.526. The van der Waals surface area contributed by atoms with Gasteiger partial charge in [0.2, 0.25) is 5.56 Å². The van der Waals surface area contributed by atoms with Gasteiger partial charge in [-0.25, -0.2) is 4.39 Å². The monoisotopic (exact) mass is 365 g/mol. The first-order chi connectivity index (χ1) is 13.0. The Balaban J connectivity index is 1.61. The van der Waals surface area contributed by atoms with E-state index in [-0.39, 0.29) is 23.0 Å². The Morgan fingerprint density at radius 3 is 2.78 bits per heavy atom. The average molecular weight is 365 g/mol. The van der Waals surface area contributed by atoms with Crippen molar-refractivity contribution in [2.45, 2.75) is 19.4 Å². The molecular weight excluding hydrogens is 345 g/mol. The van der Waals surface area contributed by atoms with E-state index >= 15 is 0 Å². The van der Waals surface area contributed by atoms with E-state index in [2.05, 4.69) is 10.3 Å². The Morgan fingerprint density at radius 2 is 2.00 bits per heavy atom. The smallest absolute Gasteiger partial charge is 0.254 e. The molecule has 1 unspecified atom stereocenters.